The van der Waals surface area contributed by atoms with Gasteiger partial charge in [-0.3, -0.25) is 0 Å². The van der Waals surface area contributed by atoms with Crippen molar-refractivity contribution in [1.82, 2.24) is 9.88 Å². The van der Waals surface area contributed by atoms with Gasteiger partial charge in [0.15, 0.2) is 12.4 Å². The molecule has 1 unspecified atom stereocenters. The summed E-state index contributed by atoms with van der Waals surface area (Å²) in [7, 11) is 0. The molecule has 248 valence electrons. The summed E-state index contributed by atoms with van der Waals surface area (Å²) in [6.45, 7) is 0. The largest absolute Gasteiger partial charge is 0.464 e. The molecule has 0 fully saturated rings. The second-order valence-corrected chi connectivity index (χ2v) is 13.1. The van der Waals surface area contributed by atoms with Gasteiger partial charge in [-0.25, -0.2) is 9.98 Å². The average molecular weight is 672 g/mol. The molecule has 7 aromatic carbocycles. The number of amidine groups is 2. The van der Waals surface area contributed by atoms with Crippen molar-refractivity contribution in [2.24, 2.45) is 9.98 Å². The summed E-state index contributed by atoms with van der Waals surface area (Å²) in [6.07, 6.45) is -0.904. The van der Waals surface area contributed by atoms with Crippen LogP contribution in [-0.4, -0.2) is 16.2 Å². The zero-order valence-electron chi connectivity index (χ0n) is 28.1. The number of nitrogens with zero attached hydrogens (tertiary/aromatic N) is 3. The van der Waals surface area contributed by atoms with Crippen LogP contribution in [0.15, 0.2) is 186 Å². The Labute approximate surface area is 301 Å². The smallest absolute Gasteiger partial charge is 0.196 e. The highest BCUT2D eigenvalue weighted by Crippen LogP contribution is 2.42. The van der Waals surface area contributed by atoms with Crippen LogP contribution >= 0.6 is 0 Å². The third-order valence-corrected chi connectivity index (χ3v) is 9.91. The van der Waals surface area contributed by atoms with Crippen molar-refractivity contribution in [2.45, 2.75) is 12.4 Å². The number of hydrogen-bond donors (Lipinski definition) is 2. The molecule has 2 N–H and O–H groups in total. The van der Waals surface area contributed by atoms with Gasteiger partial charge in [-0.15, -0.1) is 0 Å². The Balaban J connectivity index is 1.20. The van der Waals surface area contributed by atoms with Crippen LogP contribution in [0.3, 0.4) is 0 Å². The molecule has 2 aliphatic heterocycles. The number of aliphatic imine (C=N–C) groups is 2. The maximum atomic E-state index is 6.44. The van der Waals surface area contributed by atoms with Crippen LogP contribution in [0.5, 0.6) is 5.75 Å². The lowest BCUT2D eigenvalue weighted by Crippen LogP contribution is -2.36. The van der Waals surface area contributed by atoms with Gasteiger partial charge in [0.25, 0.3) is 0 Å². The predicted octanol–water partition coefficient (Wildman–Crippen LogP) is 10.4. The lowest BCUT2D eigenvalue weighted by molar-refractivity contribution is 0.259. The molecule has 6 heteroatoms. The van der Waals surface area contributed by atoms with E-state index in [9.17, 15) is 0 Å². The summed E-state index contributed by atoms with van der Waals surface area (Å²) in [6, 6.07) is 61.2. The minimum absolute atomic E-state index is 0.353. The van der Waals surface area contributed by atoms with E-state index in [1.54, 1.807) is 0 Å². The van der Waals surface area contributed by atoms with E-state index >= 15 is 0 Å². The SMILES string of the molecule is c1ccc(C2=NC(c3cc(C4Nc5ccccc5O4)ccc3-n3c4ccccc4c4cc(-c5ccccc5)ccc43)N=C(c3ccccc3)N2)cc1. The van der Waals surface area contributed by atoms with Crippen LogP contribution in [0.1, 0.15) is 34.6 Å². The minimum atomic E-state index is -0.551. The zero-order chi connectivity index (χ0) is 34.4. The first-order valence-corrected chi connectivity index (χ1v) is 17.6. The number of rotatable bonds is 6. The van der Waals surface area contributed by atoms with E-state index in [2.05, 4.69) is 130 Å². The summed E-state index contributed by atoms with van der Waals surface area (Å²) in [5.74, 6) is 2.38. The number of ether oxygens (including phenoxy) is 1. The van der Waals surface area contributed by atoms with E-state index in [0.29, 0.717) is 0 Å². The van der Waals surface area contributed by atoms with Gasteiger partial charge in [0.1, 0.15) is 17.4 Å². The van der Waals surface area contributed by atoms with Crippen molar-refractivity contribution in [3.8, 4) is 22.6 Å². The molecule has 1 atom stereocenters. The Morgan fingerprint density at radius 1 is 0.500 bits per heavy atom. The molecule has 8 aromatic rings. The molecule has 0 bridgehead atoms. The summed E-state index contributed by atoms with van der Waals surface area (Å²) < 4.78 is 8.81. The number of anilines is 1. The molecule has 0 spiro atoms. The van der Waals surface area contributed by atoms with Crippen LogP contribution < -0.4 is 15.4 Å². The molecule has 1 aromatic heterocycles. The molecule has 10 rings (SSSR count). The Hall–Kier alpha value is -6.92. The van der Waals surface area contributed by atoms with E-state index in [-0.39, 0.29) is 6.23 Å². The summed E-state index contributed by atoms with van der Waals surface area (Å²) in [5.41, 5.74) is 10.6. The molecular weight excluding hydrogens is 639 g/mol. The van der Waals surface area contributed by atoms with E-state index in [1.807, 2.05) is 60.7 Å². The van der Waals surface area contributed by atoms with E-state index in [4.69, 9.17) is 14.7 Å². The first-order valence-electron chi connectivity index (χ1n) is 17.6. The Morgan fingerprint density at radius 2 is 1.12 bits per heavy atom. The van der Waals surface area contributed by atoms with Gasteiger partial charge in [0, 0.05) is 33.0 Å². The van der Waals surface area contributed by atoms with Gasteiger partial charge in [0.05, 0.1) is 22.4 Å². The topological polar surface area (TPSA) is 62.9 Å². The van der Waals surface area contributed by atoms with E-state index < -0.39 is 6.17 Å². The number of aromatic nitrogens is 1. The number of para-hydroxylation sites is 3. The van der Waals surface area contributed by atoms with Crippen molar-refractivity contribution >= 4 is 39.2 Å². The normalized spacial score (nSPS) is 15.3. The second kappa shape index (κ2) is 12.4. The van der Waals surface area contributed by atoms with E-state index in [1.165, 1.54) is 21.9 Å². The highest BCUT2D eigenvalue weighted by molar-refractivity contribution is 6.16. The molecule has 6 nitrogen and oxygen atoms in total. The molecule has 0 aliphatic carbocycles. The van der Waals surface area contributed by atoms with Crippen molar-refractivity contribution in [3.63, 3.8) is 0 Å². The van der Waals surface area contributed by atoms with Gasteiger partial charge < -0.3 is 19.9 Å². The number of hydrogen-bond acceptors (Lipinski definition) is 5. The maximum absolute atomic E-state index is 6.44. The van der Waals surface area contributed by atoms with Gasteiger partial charge in [-0.2, -0.15) is 0 Å². The first kappa shape index (κ1) is 29.9. The standard InChI is InChI=1S/C46H33N5O/c1-4-14-30(15-5-1)33-24-26-40-36(28-33)35-20-10-12-22-39(35)51(40)41-27-25-34(46-47-38-21-11-13-23-42(38)52-46)29-37(41)45-49-43(31-16-6-2-7-17-31)48-44(50-45)32-18-8-3-9-19-32/h1-29,45-47H,(H,48,49,50). The second-order valence-electron chi connectivity index (χ2n) is 13.1. The Morgan fingerprint density at radius 3 is 1.83 bits per heavy atom. The fourth-order valence-electron chi connectivity index (χ4n) is 7.40. The summed E-state index contributed by atoms with van der Waals surface area (Å²) in [4.78, 5) is 10.7. The summed E-state index contributed by atoms with van der Waals surface area (Å²) >= 11 is 0. The Kier molecular flexibility index (Phi) is 7.17. The molecule has 2 aliphatic rings. The van der Waals surface area contributed by atoms with Crippen molar-refractivity contribution in [3.05, 3.63) is 198 Å². The maximum Gasteiger partial charge on any atom is 0.196 e. The molecule has 0 saturated heterocycles. The molecule has 0 radical (unpaired) electrons. The number of nitrogens with one attached hydrogen (secondary N) is 2. The zero-order valence-corrected chi connectivity index (χ0v) is 28.1. The molecule has 3 heterocycles. The molecule has 52 heavy (non-hydrogen) atoms. The quantitative estimate of drug-likeness (QED) is 0.185. The molecule has 0 saturated carbocycles. The lowest BCUT2D eigenvalue weighted by atomic mass is 10.0. The molecule has 0 amide bonds. The Bertz CT molecular complexity index is 2580. The van der Waals surface area contributed by atoms with E-state index in [0.717, 1.165) is 62.1 Å². The van der Waals surface area contributed by atoms with Crippen LogP contribution in [0.4, 0.5) is 5.69 Å². The summed E-state index contributed by atoms with van der Waals surface area (Å²) in [5, 5.41) is 9.51. The number of fused-ring (bicyclic) bond motifs is 4. The monoisotopic (exact) mass is 671 g/mol. The van der Waals surface area contributed by atoms with Gasteiger partial charge >= 0.3 is 0 Å². The molecular formula is C46H33N5O. The first-order chi connectivity index (χ1) is 25.8. The highest BCUT2D eigenvalue weighted by atomic mass is 16.5. The van der Waals surface area contributed by atoms with Crippen molar-refractivity contribution in [2.75, 3.05) is 5.32 Å². The van der Waals surface area contributed by atoms with Gasteiger partial charge in [-0.1, -0.05) is 133 Å². The van der Waals surface area contributed by atoms with Crippen LogP contribution in [0.25, 0.3) is 38.6 Å². The van der Waals surface area contributed by atoms with Crippen molar-refractivity contribution in [1.29, 1.82) is 0 Å². The van der Waals surface area contributed by atoms with Crippen molar-refractivity contribution < 1.29 is 4.74 Å². The van der Waals surface area contributed by atoms with Crippen LogP contribution in [0.2, 0.25) is 0 Å². The highest BCUT2D eigenvalue weighted by Gasteiger charge is 2.28. The lowest BCUT2D eigenvalue weighted by Gasteiger charge is -2.25. The predicted molar refractivity (Wildman–Crippen MR) is 211 cm³/mol. The minimum Gasteiger partial charge on any atom is -0.464 e. The van der Waals surface area contributed by atoms with Gasteiger partial charge in [0.2, 0.25) is 0 Å². The van der Waals surface area contributed by atoms with Crippen LogP contribution in [0, 0.1) is 0 Å². The van der Waals surface area contributed by atoms with Gasteiger partial charge in [-0.05, 0) is 53.6 Å². The third-order valence-electron chi connectivity index (χ3n) is 9.91. The van der Waals surface area contributed by atoms with Crippen LogP contribution in [-0.2, 0) is 0 Å². The number of benzene rings is 7. The average Bonchev–Trinajstić information content (AvgIpc) is 3.81. The third kappa shape index (κ3) is 5.20. The fraction of sp³-hybridized carbons (Fsp3) is 0.0435. The fourth-order valence-corrected chi connectivity index (χ4v) is 7.40.